The first-order valence-electron chi connectivity index (χ1n) is 8.50. The Morgan fingerprint density at radius 3 is 2.54 bits per heavy atom. The minimum atomic E-state index is -3.50. The third kappa shape index (κ3) is 4.25. The van der Waals surface area contributed by atoms with Crippen molar-refractivity contribution in [1.82, 2.24) is 24.3 Å². The molecular formula is C18H23N5O2S. The van der Waals surface area contributed by atoms with E-state index in [-0.39, 0.29) is 10.3 Å². The molecule has 0 unspecified atom stereocenters. The fourth-order valence-corrected chi connectivity index (χ4v) is 3.68. The first-order valence-corrected chi connectivity index (χ1v) is 9.98. The maximum absolute atomic E-state index is 12.4. The highest BCUT2D eigenvalue weighted by Crippen LogP contribution is 2.23. The van der Waals surface area contributed by atoms with E-state index in [1.165, 1.54) is 6.33 Å². The smallest absolute Gasteiger partial charge is 0.219 e. The summed E-state index contributed by atoms with van der Waals surface area (Å²) in [5, 5.41) is 4.04. The van der Waals surface area contributed by atoms with Crippen molar-refractivity contribution in [2.75, 3.05) is 6.54 Å². The number of sulfonamides is 1. The Kier molecular flexibility index (Phi) is 5.06. The van der Waals surface area contributed by atoms with Gasteiger partial charge in [0.1, 0.15) is 6.33 Å². The number of hydrogen-bond acceptors (Lipinski definition) is 5. The van der Waals surface area contributed by atoms with E-state index in [0.717, 1.165) is 11.1 Å². The first kappa shape index (κ1) is 18.5. The van der Waals surface area contributed by atoms with Crippen molar-refractivity contribution in [3.63, 3.8) is 0 Å². The zero-order valence-electron chi connectivity index (χ0n) is 15.2. The van der Waals surface area contributed by atoms with E-state index in [9.17, 15) is 8.42 Å². The van der Waals surface area contributed by atoms with E-state index >= 15 is 0 Å². The molecule has 0 aliphatic heterocycles. The molecule has 0 spiro atoms. The van der Waals surface area contributed by atoms with Crippen molar-refractivity contribution in [3.05, 3.63) is 54.1 Å². The monoisotopic (exact) mass is 373 g/mol. The molecule has 3 rings (SSSR count). The zero-order valence-corrected chi connectivity index (χ0v) is 16.0. The molecule has 3 aromatic rings. The summed E-state index contributed by atoms with van der Waals surface area (Å²) in [6.45, 7) is 6.65. The van der Waals surface area contributed by atoms with E-state index in [2.05, 4.69) is 40.6 Å². The minimum Gasteiger partial charge on any atom is -0.219 e. The van der Waals surface area contributed by atoms with Crippen LogP contribution in [-0.2, 0) is 21.9 Å². The molecule has 1 N–H and O–H groups in total. The lowest BCUT2D eigenvalue weighted by molar-refractivity contribution is 0.576. The summed E-state index contributed by atoms with van der Waals surface area (Å²) >= 11 is 0. The van der Waals surface area contributed by atoms with E-state index in [0.29, 0.717) is 25.2 Å². The lowest BCUT2D eigenvalue weighted by Crippen LogP contribution is -2.25. The molecule has 0 amide bonds. The average molecular weight is 373 g/mol. The molecule has 2 aromatic heterocycles. The molecule has 0 fully saturated rings. The molecule has 1 aromatic carbocycles. The van der Waals surface area contributed by atoms with Gasteiger partial charge >= 0.3 is 0 Å². The van der Waals surface area contributed by atoms with Crippen LogP contribution < -0.4 is 4.72 Å². The Labute approximate surface area is 153 Å². The number of fused-ring (bicyclic) bond motifs is 1. The highest BCUT2D eigenvalue weighted by Gasteiger charge is 2.17. The number of aryl methyl sites for hydroxylation is 1. The van der Waals surface area contributed by atoms with Gasteiger partial charge < -0.3 is 0 Å². The maximum Gasteiger partial charge on any atom is 0.252 e. The Bertz CT molecular complexity index is 988. The van der Waals surface area contributed by atoms with Gasteiger partial charge in [-0.05, 0) is 41.5 Å². The largest absolute Gasteiger partial charge is 0.252 e. The number of rotatable bonds is 6. The standard InChI is InChI=1S/C18H23N5O2S/c1-18(2,3)15-6-8-16(9-7-15)26(24,25)22-10-4-5-14-11-19-17-20-13-21-23(17)12-14/h6-9,11-13,22H,4-5,10H2,1-3H3. The second kappa shape index (κ2) is 7.13. The maximum atomic E-state index is 12.4. The lowest BCUT2D eigenvalue weighted by Gasteiger charge is -2.19. The molecular weight excluding hydrogens is 350 g/mol. The van der Waals surface area contributed by atoms with Crippen LogP contribution in [0.3, 0.4) is 0 Å². The van der Waals surface area contributed by atoms with Crippen LogP contribution in [0, 0.1) is 0 Å². The molecule has 7 nitrogen and oxygen atoms in total. The highest BCUT2D eigenvalue weighted by molar-refractivity contribution is 7.89. The van der Waals surface area contributed by atoms with Gasteiger partial charge in [0.15, 0.2) is 0 Å². The molecule has 0 bridgehead atoms. The van der Waals surface area contributed by atoms with Crippen molar-refractivity contribution in [2.24, 2.45) is 0 Å². The Morgan fingerprint density at radius 2 is 1.85 bits per heavy atom. The van der Waals surface area contributed by atoms with Crippen LogP contribution in [0.4, 0.5) is 0 Å². The van der Waals surface area contributed by atoms with Crippen LogP contribution in [-0.4, -0.2) is 34.5 Å². The fourth-order valence-electron chi connectivity index (χ4n) is 2.60. The molecule has 0 saturated heterocycles. The molecule has 138 valence electrons. The van der Waals surface area contributed by atoms with Crippen LogP contribution in [0.1, 0.15) is 38.3 Å². The topological polar surface area (TPSA) is 89.2 Å². The fraction of sp³-hybridized carbons (Fsp3) is 0.389. The van der Waals surface area contributed by atoms with Gasteiger partial charge in [-0.2, -0.15) is 10.1 Å². The van der Waals surface area contributed by atoms with Gasteiger partial charge in [0.25, 0.3) is 5.78 Å². The third-order valence-electron chi connectivity index (χ3n) is 4.15. The minimum absolute atomic E-state index is 0.00501. The van der Waals surface area contributed by atoms with Crippen molar-refractivity contribution >= 4 is 15.8 Å². The molecule has 0 atom stereocenters. The van der Waals surface area contributed by atoms with E-state index in [4.69, 9.17) is 0 Å². The summed E-state index contributed by atoms with van der Waals surface area (Å²) in [6.07, 6.45) is 6.42. The summed E-state index contributed by atoms with van der Waals surface area (Å²) in [6, 6.07) is 7.05. The van der Waals surface area contributed by atoms with E-state index < -0.39 is 10.0 Å². The Balaban J connectivity index is 1.56. The second-order valence-corrected chi connectivity index (χ2v) is 9.01. The summed E-state index contributed by atoms with van der Waals surface area (Å²) in [4.78, 5) is 8.48. The second-order valence-electron chi connectivity index (χ2n) is 7.24. The van der Waals surface area contributed by atoms with Gasteiger partial charge in [0.05, 0.1) is 4.90 Å². The normalized spacial score (nSPS) is 12.6. The molecule has 0 aliphatic rings. The third-order valence-corrected chi connectivity index (χ3v) is 5.63. The van der Waals surface area contributed by atoms with Crippen LogP contribution >= 0.6 is 0 Å². The van der Waals surface area contributed by atoms with Crippen molar-refractivity contribution in [2.45, 2.75) is 43.9 Å². The van der Waals surface area contributed by atoms with Crippen molar-refractivity contribution in [1.29, 1.82) is 0 Å². The van der Waals surface area contributed by atoms with Crippen LogP contribution in [0.15, 0.2) is 47.9 Å². The van der Waals surface area contributed by atoms with Gasteiger partial charge in [-0.15, -0.1) is 0 Å². The molecule has 2 heterocycles. The number of nitrogens with zero attached hydrogens (tertiary/aromatic N) is 4. The number of hydrogen-bond donors (Lipinski definition) is 1. The zero-order chi connectivity index (χ0) is 18.8. The van der Waals surface area contributed by atoms with Gasteiger partial charge in [-0.3, -0.25) is 0 Å². The van der Waals surface area contributed by atoms with E-state index in [1.54, 1.807) is 22.8 Å². The van der Waals surface area contributed by atoms with Gasteiger partial charge in [0, 0.05) is 18.9 Å². The number of benzene rings is 1. The average Bonchev–Trinajstić information content (AvgIpc) is 3.06. The van der Waals surface area contributed by atoms with E-state index in [1.807, 2.05) is 18.3 Å². The predicted octanol–water partition coefficient (Wildman–Crippen LogP) is 2.33. The number of nitrogens with one attached hydrogen (secondary N) is 1. The van der Waals surface area contributed by atoms with Crippen LogP contribution in [0.25, 0.3) is 5.78 Å². The Hall–Kier alpha value is -2.32. The molecule has 8 heteroatoms. The highest BCUT2D eigenvalue weighted by atomic mass is 32.2. The van der Waals surface area contributed by atoms with Gasteiger partial charge in [-0.1, -0.05) is 32.9 Å². The Morgan fingerprint density at radius 1 is 1.12 bits per heavy atom. The summed E-state index contributed by atoms with van der Waals surface area (Å²) in [5.41, 5.74) is 2.08. The lowest BCUT2D eigenvalue weighted by atomic mass is 9.87. The van der Waals surface area contributed by atoms with Crippen molar-refractivity contribution < 1.29 is 8.42 Å². The van der Waals surface area contributed by atoms with Gasteiger partial charge in [0.2, 0.25) is 10.0 Å². The SMILES string of the molecule is CC(C)(C)c1ccc(S(=O)(=O)NCCCc2cnc3ncnn3c2)cc1. The predicted molar refractivity (Wildman–Crippen MR) is 99.4 cm³/mol. The number of aromatic nitrogens is 4. The van der Waals surface area contributed by atoms with Crippen LogP contribution in [0.2, 0.25) is 0 Å². The molecule has 0 saturated carbocycles. The van der Waals surface area contributed by atoms with Crippen LogP contribution in [0.5, 0.6) is 0 Å². The van der Waals surface area contributed by atoms with Gasteiger partial charge in [-0.25, -0.2) is 22.6 Å². The molecule has 0 radical (unpaired) electrons. The van der Waals surface area contributed by atoms with Crippen molar-refractivity contribution in [3.8, 4) is 0 Å². The summed E-state index contributed by atoms with van der Waals surface area (Å²) in [5.74, 6) is 0.549. The summed E-state index contributed by atoms with van der Waals surface area (Å²) < 4.78 is 29.1. The summed E-state index contributed by atoms with van der Waals surface area (Å²) in [7, 11) is -3.50. The molecule has 0 aliphatic carbocycles. The first-order chi connectivity index (χ1) is 12.3. The molecule has 26 heavy (non-hydrogen) atoms. The quantitative estimate of drug-likeness (QED) is 0.670.